The van der Waals surface area contributed by atoms with Gasteiger partial charge in [-0.15, -0.1) is 0 Å². The number of Topliss-reactive ketones (excluding diaryl/α,β-unsaturated/α-hetero) is 1. The molecule has 5 rings (SSSR count). The first-order chi connectivity index (χ1) is 14.5. The van der Waals surface area contributed by atoms with Gasteiger partial charge in [-0.05, 0) is 50.2 Å². The van der Waals surface area contributed by atoms with E-state index in [1.807, 2.05) is 13.0 Å². The Labute approximate surface area is 180 Å². The van der Waals surface area contributed by atoms with E-state index in [0.717, 1.165) is 23.5 Å². The molecule has 1 unspecified atom stereocenters. The normalized spacial score (nSPS) is 30.8. The van der Waals surface area contributed by atoms with Crippen LogP contribution in [0.15, 0.2) is 12.1 Å². The molecular weight excluding hydrogens is 410 g/mol. The van der Waals surface area contributed by atoms with E-state index in [2.05, 4.69) is 21.7 Å². The fourth-order valence-corrected chi connectivity index (χ4v) is 5.52. The number of quaternary nitrogens is 1. The monoisotopic (exact) mass is 440 g/mol. The van der Waals surface area contributed by atoms with Gasteiger partial charge in [-0.2, -0.15) is 0 Å². The molecule has 166 valence electrons. The van der Waals surface area contributed by atoms with Crippen LogP contribution in [0.2, 0.25) is 0 Å². The Bertz CT molecular complexity index is 802. The highest BCUT2D eigenvalue weighted by molar-refractivity contribution is 7.88. The molecular formula is C21H30NO7S+. The highest BCUT2D eigenvalue weighted by Gasteiger charge is 2.67. The molecule has 2 saturated carbocycles. The lowest BCUT2D eigenvalue weighted by Gasteiger charge is -2.52. The van der Waals surface area contributed by atoms with Crippen molar-refractivity contribution in [1.82, 2.24) is 0 Å². The molecule has 0 radical (unpaired) electrons. The SMILES string of the molecule is CC[C@]12c3c4ccc(OOOSO)c3O[C@H]1C(=O)CCC2(O)CC4.C[NH2+]CC1CC1. The van der Waals surface area contributed by atoms with Gasteiger partial charge in [0.05, 0.1) is 24.6 Å². The zero-order valence-electron chi connectivity index (χ0n) is 17.4. The van der Waals surface area contributed by atoms with Crippen LogP contribution in [0.5, 0.6) is 11.5 Å². The first-order valence-corrected chi connectivity index (χ1v) is 11.4. The molecule has 9 heteroatoms. The fraction of sp³-hybridized carbons (Fsp3) is 0.667. The minimum atomic E-state index is -0.963. The predicted octanol–water partition coefficient (Wildman–Crippen LogP) is 2.09. The molecule has 30 heavy (non-hydrogen) atoms. The van der Waals surface area contributed by atoms with Crippen LogP contribution in [0.25, 0.3) is 0 Å². The van der Waals surface area contributed by atoms with Gasteiger partial charge < -0.3 is 24.6 Å². The summed E-state index contributed by atoms with van der Waals surface area (Å²) in [6.45, 7) is 3.33. The van der Waals surface area contributed by atoms with Crippen LogP contribution in [-0.2, 0) is 26.0 Å². The van der Waals surface area contributed by atoms with Crippen molar-refractivity contribution < 1.29 is 38.8 Å². The number of rotatable bonds is 7. The molecule has 4 aliphatic rings. The van der Waals surface area contributed by atoms with Crippen LogP contribution >= 0.6 is 12.3 Å². The van der Waals surface area contributed by atoms with Crippen LogP contribution in [0.3, 0.4) is 0 Å². The lowest BCUT2D eigenvalue weighted by atomic mass is 9.52. The summed E-state index contributed by atoms with van der Waals surface area (Å²) in [6.07, 6.45) is 4.94. The maximum Gasteiger partial charge on any atom is 0.210 e. The zero-order chi connectivity index (χ0) is 21.4. The number of aliphatic hydroxyl groups is 1. The quantitative estimate of drug-likeness (QED) is 0.256. The molecule has 0 bridgehead atoms. The molecule has 1 aromatic rings. The number of ether oxygens (including phenoxy) is 1. The number of ketones is 1. The number of hydrogen-bond acceptors (Lipinski definition) is 8. The molecule has 1 heterocycles. The van der Waals surface area contributed by atoms with Crippen molar-refractivity contribution in [3.63, 3.8) is 0 Å². The summed E-state index contributed by atoms with van der Waals surface area (Å²) in [4.78, 5) is 17.6. The standard InChI is InChI=1S/C16H18O7S.C5H11N/c1-2-16-12-9-3-4-11(21-22-23-24-19)13(12)20-14(16)10(17)6-8-15(16,18)7-5-9;1-6-4-5-2-3-5/h3-4,14,18-19H,2,5-8H2,1H3;5-6H,2-4H2,1H3/p+1/t14-,15?,16-;/m0./s1. The molecule has 4 N–H and O–H groups in total. The van der Waals surface area contributed by atoms with Crippen molar-refractivity contribution in [2.75, 3.05) is 13.6 Å². The summed E-state index contributed by atoms with van der Waals surface area (Å²) in [6, 6.07) is 3.57. The van der Waals surface area contributed by atoms with Crippen molar-refractivity contribution in [2.45, 2.75) is 69.0 Å². The summed E-state index contributed by atoms with van der Waals surface area (Å²) in [5.74, 6) is 1.76. The second-order valence-electron chi connectivity index (χ2n) is 8.63. The molecule has 1 aliphatic heterocycles. The second kappa shape index (κ2) is 8.64. The van der Waals surface area contributed by atoms with Crippen molar-refractivity contribution in [3.8, 4) is 11.5 Å². The third-order valence-electron chi connectivity index (χ3n) is 7.06. The Morgan fingerprint density at radius 2 is 2.07 bits per heavy atom. The number of aryl methyl sites for hydroxylation is 1. The summed E-state index contributed by atoms with van der Waals surface area (Å²) < 4.78 is 18.8. The molecule has 3 atom stereocenters. The molecule has 0 spiro atoms. The van der Waals surface area contributed by atoms with Crippen LogP contribution in [-0.4, -0.2) is 40.7 Å². The van der Waals surface area contributed by atoms with Gasteiger partial charge in [-0.3, -0.25) is 4.79 Å². The van der Waals surface area contributed by atoms with Crippen molar-refractivity contribution >= 4 is 18.1 Å². The van der Waals surface area contributed by atoms with Crippen molar-refractivity contribution in [3.05, 3.63) is 23.3 Å². The summed E-state index contributed by atoms with van der Waals surface area (Å²) in [5, 5.41) is 18.0. The first kappa shape index (κ1) is 21.9. The second-order valence-corrected chi connectivity index (χ2v) is 8.91. The summed E-state index contributed by atoms with van der Waals surface area (Å²) in [5.41, 5.74) is 0.181. The van der Waals surface area contributed by atoms with E-state index in [0.29, 0.717) is 31.4 Å². The zero-order valence-corrected chi connectivity index (χ0v) is 18.2. The van der Waals surface area contributed by atoms with Gasteiger partial charge in [0, 0.05) is 22.9 Å². The number of hydrogen-bond donors (Lipinski definition) is 3. The van der Waals surface area contributed by atoms with E-state index in [1.54, 1.807) is 6.07 Å². The van der Waals surface area contributed by atoms with E-state index in [-0.39, 0.29) is 23.9 Å². The van der Waals surface area contributed by atoms with Gasteiger partial charge in [0.15, 0.2) is 30.0 Å². The largest absolute Gasteiger partial charge is 0.477 e. The van der Waals surface area contributed by atoms with E-state index in [9.17, 15) is 9.90 Å². The van der Waals surface area contributed by atoms with Crippen LogP contribution in [0.4, 0.5) is 0 Å². The van der Waals surface area contributed by atoms with Gasteiger partial charge in [-0.25, -0.2) is 0 Å². The number of nitrogens with two attached hydrogens (primary N) is 1. The Kier molecular flexibility index (Phi) is 6.30. The Balaban J connectivity index is 0.000000313. The van der Waals surface area contributed by atoms with Gasteiger partial charge in [0.1, 0.15) is 0 Å². The summed E-state index contributed by atoms with van der Waals surface area (Å²) >= 11 is 0.0103. The fourth-order valence-electron chi connectivity index (χ4n) is 5.47. The number of carbonyl (C=O) groups is 1. The average molecular weight is 441 g/mol. The third-order valence-corrected chi connectivity index (χ3v) is 7.18. The number of benzene rings is 1. The smallest absolute Gasteiger partial charge is 0.210 e. The molecule has 0 aromatic heterocycles. The van der Waals surface area contributed by atoms with E-state index < -0.39 is 17.1 Å². The molecule has 0 amide bonds. The maximum atomic E-state index is 12.5. The average Bonchev–Trinajstić information content (AvgIpc) is 3.49. The van der Waals surface area contributed by atoms with Crippen LogP contribution in [0.1, 0.15) is 56.6 Å². The summed E-state index contributed by atoms with van der Waals surface area (Å²) in [7, 11) is 2.14. The lowest BCUT2D eigenvalue weighted by molar-refractivity contribution is -0.629. The van der Waals surface area contributed by atoms with Gasteiger partial charge in [0.2, 0.25) is 5.75 Å². The molecule has 8 nitrogen and oxygen atoms in total. The van der Waals surface area contributed by atoms with E-state index in [1.165, 1.54) is 19.4 Å². The number of carbonyl (C=O) groups excluding carboxylic acids is 1. The molecule has 2 fully saturated rings. The van der Waals surface area contributed by atoms with E-state index >= 15 is 0 Å². The maximum absolute atomic E-state index is 12.5. The lowest BCUT2D eigenvalue weighted by Crippen LogP contribution is -2.80. The van der Waals surface area contributed by atoms with Gasteiger partial charge in [-0.1, -0.05) is 17.3 Å². The minimum absolute atomic E-state index is 0.000364. The molecule has 1 aromatic carbocycles. The Morgan fingerprint density at radius 3 is 2.70 bits per heavy atom. The Hall–Kier alpha value is -1.36. The molecule has 0 saturated heterocycles. The minimum Gasteiger partial charge on any atom is -0.477 e. The van der Waals surface area contributed by atoms with Gasteiger partial charge >= 0.3 is 0 Å². The molecule has 3 aliphatic carbocycles. The topological polar surface area (TPSA) is 111 Å². The van der Waals surface area contributed by atoms with Crippen molar-refractivity contribution in [1.29, 1.82) is 0 Å². The van der Waals surface area contributed by atoms with Crippen molar-refractivity contribution in [2.24, 2.45) is 5.92 Å². The first-order valence-electron chi connectivity index (χ1n) is 10.7. The Morgan fingerprint density at radius 1 is 1.30 bits per heavy atom. The highest BCUT2D eigenvalue weighted by Crippen LogP contribution is 2.62. The predicted molar refractivity (Wildman–Crippen MR) is 109 cm³/mol. The van der Waals surface area contributed by atoms with Crippen LogP contribution in [0, 0.1) is 5.92 Å². The third kappa shape index (κ3) is 3.51. The van der Waals surface area contributed by atoms with E-state index in [4.69, 9.17) is 14.2 Å². The highest BCUT2D eigenvalue weighted by atomic mass is 32.2. The van der Waals surface area contributed by atoms with Gasteiger partial charge in [0.25, 0.3) is 0 Å². The van der Waals surface area contributed by atoms with Crippen LogP contribution < -0.4 is 14.9 Å².